The number of methoxy groups -OCH3 is 2. The number of pyridine rings is 1. The molecule has 3 saturated heterocycles. The number of carbonyl (C=O) groups is 6. The Morgan fingerprint density at radius 3 is 2.31 bits per heavy atom. The summed E-state index contributed by atoms with van der Waals surface area (Å²) in [6.07, 6.45) is 5.97. The lowest BCUT2D eigenvalue weighted by atomic mass is 9.63. The summed E-state index contributed by atoms with van der Waals surface area (Å²) in [5.74, 6) is -1.45. The molecular formula is C44H50N8O9. The monoisotopic (exact) mass is 834 g/mol. The molecule has 5 aliphatic rings. The maximum absolute atomic E-state index is 13.7. The van der Waals surface area contributed by atoms with Gasteiger partial charge in [0.05, 0.1) is 37.5 Å². The molecule has 2 aromatic carbocycles. The van der Waals surface area contributed by atoms with Crippen molar-refractivity contribution in [3.63, 3.8) is 0 Å². The molecule has 2 aromatic heterocycles. The zero-order valence-corrected chi connectivity index (χ0v) is 35.0. The number of aromatic nitrogens is 2. The number of ether oxygens (including phenoxy) is 2. The fraction of sp³-hybridized carbons (Fsp3) is 0.432. The third kappa shape index (κ3) is 7.29. The van der Waals surface area contributed by atoms with Gasteiger partial charge in [0.15, 0.2) is 0 Å². The van der Waals surface area contributed by atoms with Crippen molar-refractivity contribution in [1.29, 1.82) is 0 Å². The lowest BCUT2D eigenvalue weighted by Crippen LogP contribution is -2.74. The summed E-state index contributed by atoms with van der Waals surface area (Å²) in [5, 5.41) is 9.47. The molecule has 320 valence electrons. The molecule has 6 amide bonds. The van der Waals surface area contributed by atoms with Gasteiger partial charge < -0.3 is 34.1 Å². The number of hydrogen-bond donors (Lipinski definition) is 3. The van der Waals surface area contributed by atoms with Gasteiger partial charge in [-0.05, 0) is 75.0 Å². The molecule has 4 aromatic rings. The van der Waals surface area contributed by atoms with Gasteiger partial charge in [0.2, 0.25) is 17.7 Å². The van der Waals surface area contributed by atoms with Crippen molar-refractivity contribution in [3.05, 3.63) is 75.8 Å². The number of nitrogens with one attached hydrogen (secondary N) is 3. The predicted molar refractivity (Wildman–Crippen MR) is 224 cm³/mol. The van der Waals surface area contributed by atoms with Gasteiger partial charge in [-0.3, -0.25) is 48.7 Å². The van der Waals surface area contributed by atoms with Crippen molar-refractivity contribution < 1.29 is 38.2 Å². The first kappa shape index (κ1) is 41.3. The molecule has 4 aliphatic heterocycles. The van der Waals surface area contributed by atoms with E-state index in [1.54, 1.807) is 50.2 Å². The number of anilines is 1. The van der Waals surface area contributed by atoms with E-state index in [0.717, 1.165) is 27.0 Å². The smallest absolute Gasteiger partial charge is 0.274 e. The quantitative estimate of drug-likeness (QED) is 0.125. The topological polar surface area (TPSA) is 194 Å². The lowest BCUT2D eigenvalue weighted by molar-refractivity contribution is -0.158. The van der Waals surface area contributed by atoms with Crippen LogP contribution in [0.5, 0.6) is 11.5 Å². The first-order valence-corrected chi connectivity index (χ1v) is 20.5. The average Bonchev–Trinajstić information content (AvgIpc) is 3.74. The number of likely N-dealkylation sites (tertiary alicyclic amines) is 1. The molecule has 17 nitrogen and oxygen atoms in total. The van der Waals surface area contributed by atoms with E-state index >= 15 is 0 Å². The van der Waals surface area contributed by atoms with Crippen LogP contribution >= 0.6 is 0 Å². The predicted octanol–water partition coefficient (Wildman–Crippen LogP) is 2.39. The number of carbonyl (C=O) groups excluding carboxylic acids is 6. The van der Waals surface area contributed by atoms with E-state index in [1.165, 1.54) is 0 Å². The van der Waals surface area contributed by atoms with Crippen molar-refractivity contribution >= 4 is 52.0 Å². The molecule has 9 rings (SSSR count). The highest BCUT2D eigenvalue weighted by Gasteiger charge is 2.65. The normalized spacial score (nSPS) is 19.9. The highest BCUT2D eigenvalue weighted by Crippen LogP contribution is 2.49. The van der Waals surface area contributed by atoms with Crippen molar-refractivity contribution in [2.24, 2.45) is 20.0 Å². The van der Waals surface area contributed by atoms with E-state index in [4.69, 9.17) is 9.47 Å². The minimum absolute atomic E-state index is 0.00232. The molecule has 3 N–H and O–H groups in total. The van der Waals surface area contributed by atoms with Crippen LogP contribution in [0.4, 0.5) is 5.69 Å². The molecule has 0 atom stereocenters. The van der Waals surface area contributed by atoms with E-state index in [0.29, 0.717) is 68.1 Å². The first-order valence-electron chi connectivity index (χ1n) is 20.5. The van der Waals surface area contributed by atoms with Crippen molar-refractivity contribution in [3.8, 4) is 22.6 Å². The number of aryl methyl sites for hydroxylation is 2. The summed E-state index contributed by atoms with van der Waals surface area (Å²) in [6.45, 7) is 1.83. The maximum Gasteiger partial charge on any atom is 0.274 e. The second kappa shape index (κ2) is 16.2. The number of piperidine rings is 3. The zero-order valence-electron chi connectivity index (χ0n) is 35.0. The number of amides is 6. The number of fused-ring (bicyclic) bond motifs is 4. The Balaban J connectivity index is 0.794. The third-order valence-electron chi connectivity index (χ3n) is 12.6. The summed E-state index contributed by atoms with van der Waals surface area (Å²) in [7, 11) is 8.56. The molecule has 2 bridgehead atoms. The second-order valence-electron chi connectivity index (χ2n) is 16.6. The number of likely N-dealkylation sites (N-methyl/N-ethyl adjacent to an activating group) is 1. The summed E-state index contributed by atoms with van der Waals surface area (Å²) >= 11 is 0. The standard InChI is InChI=1S/C44H50N8O9/c1-48(22-31-33(60-4)18-25(19-34(31)61-5)30-23-50(3)42(58)38-28(30)13-15-49(38)2)24-35(53)45-14-7-10-36(54)51-16-11-27(12-17-51)46-32-9-6-8-29-37(32)41(57)52(40(29)56)44-20-26(21-44)39(55)47-43(44)59/h6,8-9,13,15,18-19,23,26-27,46H,7,10-12,14,16-17,20-22,24H2,1-5H3,(H,45,53)(H,47,55,59). The minimum Gasteiger partial charge on any atom is -0.496 e. The van der Waals surface area contributed by atoms with Gasteiger partial charge in [0, 0.05) is 87.7 Å². The van der Waals surface area contributed by atoms with Crippen LogP contribution in [0.25, 0.3) is 22.0 Å². The molecule has 17 heteroatoms. The fourth-order valence-corrected chi connectivity index (χ4v) is 9.31. The van der Waals surface area contributed by atoms with Gasteiger partial charge in [0.25, 0.3) is 23.3 Å². The minimum atomic E-state index is -1.34. The highest BCUT2D eigenvalue weighted by atomic mass is 16.5. The summed E-state index contributed by atoms with van der Waals surface area (Å²) in [5.41, 5.74) is 2.58. The molecule has 6 heterocycles. The van der Waals surface area contributed by atoms with E-state index in [9.17, 15) is 33.6 Å². The van der Waals surface area contributed by atoms with Crippen LogP contribution in [0.1, 0.15) is 64.8 Å². The van der Waals surface area contributed by atoms with Crippen LogP contribution in [-0.4, -0.2) is 118 Å². The van der Waals surface area contributed by atoms with Gasteiger partial charge in [-0.25, -0.2) is 0 Å². The molecule has 61 heavy (non-hydrogen) atoms. The van der Waals surface area contributed by atoms with Crippen LogP contribution in [0.2, 0.25) is 0 Å². The van der Waals surface area contributed by atoms with Gasteiger partial charge in [0.1, 0.15) is 22.6 Å². The van der Waals surface area contributed by atoms with E-state index < -0.39 is 23.3 Å². The Kier molecular flexibility index (Phi) is 10.9. The molecular weight excluding hydrogens is 785 g/mol. The largest absolute Gasteiger partial charge is 0.496 e. The zero-order chi connectivity index (χ0) is 43.3. The van der Waals surface area contributed by atoms with E-state index in [1.807, 2.05) is 52.9 Å². The molecule has 0 spiro atoms. The van der Waals surface area contributed by atoms with E-state index in [-0.39, 0.29) is 72.2 Å². The number of hydrogen-bond acceptors (Lipinski definition) is 11. The Labute approximate surface area is 351 Å². The molecule has 4 fully saturated rings. The number of rotatable bonds is 14. The van der Waals surface area contributed by atoms with Crippen LogP contribution in [0.15, 0.2) is 53.6 Å². The van der Waals surface area contributed by atoms with Crippen molar-refractivity contribution in [2.45, 2.75) is 56.7 Å². The summed E-state index contributed by atoms with van der Waals surface area (Å²) in [6, 6.07) is 10.7. The first-order chi connectivity index (χ1) is 29.2. The van der Waals surface area contributed by atoms with Gasteiger partial charge in [-0.2, -0.15) is 0 Å². The van der Waals surface area contributed by atoms with Gasteiger partial charge in [-0.15, -0.1) is 0 Å². The molecule has 1 saturated carbocycles. The SMILES string of the molecule is COc1cc(-c2cn(C)c(=O)c3c2ccn3C)cc(OC)c1CN(C)CC(=O)NCCCC(=O)N1CCC(Nc2cccc3c2C(=O)N(C24CC(C2)C(=O)NC4=O)C3=O)CC1. The number of nitrogens with zero attached hydrogens (tertiary/aromatic N) is 5. The number of benzene rings is 2. The maximum atomic E-state index is 13.7. The van der Waals surface area contributed by atoms with Crippen molar-refractivity contribution in [2.75, 3.05) is 52.8 Å². The van der Waals surface area contributed by atoms with Crippen molar-refractivity contribution in [1.82, 2.24) is 34.5 Å². The number of imide groups is 2. The Morgan fingerprint density at radius 2 is 1.64 bits per heavy atom. The van der Waals surface area contributed by atoms with E-state index in [2.05, 4.69) is 16.0 Å². The van der Waals surface area contributed by atoms with Gasteiger partial charge >= 0.3 is 0 Å². The molecule has 0 radical (unpaired) electrons. The average molecular weight is 835 g/mol. The Bertz CT molecular complexity index is 2520. The Hall–Kier alpha value is -6.49. The van der Waals surface area contributed by atoms with Crippen LogP contribution in [-0.2, 0) is 39.8 Å². The van der Waals surface area contributed by atoms with Crippen LogP contribution in [0.3, 0.4) is 0 Å². The Morgan fingerprint density at radius 1 is 0.934 bits per heavy atom. The fourth-order valence-electron chi connectivity index (χ4n) is 9.31. The summed E-state index contributed by atoms with van der Waals surface area (Å²) in [4.78, 5) is 95.6. The second-order valence-corrected chi connectivity index (χ2v) is 16.6. The molecule has 0 unspecified atom stereocenters. The third-order valence-corrected chi connectivity index (χ3v) is 12.6. The van der Waals surface area contributed by atoms with Crippen LogP contribution < -0.4 is 31.0 Å². The highest BCUT2D eigenvalue weighted by molar-refractivity contribution is 6.27. The lowest BCUT2D eigenvalue weighted by Gasteiger charge is -2.52. The summed E-state index contributed by atoms with van der Waals surface area (Å²) < 4.78 is 15.0. The van der Waals surface area contributed by atoms with Crippen LogP contribution in [0, 0.1) is 5.92 Å². The molecule has 1 aliphatic carbocycles. The van der Waals surface area contributed by atoms with Gasteiger partial charge in [-0.1, -0.05) is 6.07 Å².